The summed E-state index contributed by atoms with van der Waals surface area (Å²) in [5.41, 5.74) is -0.481. The molecule has 7 heteroatoms. The fourth-order valence-corrected chi connectivity index (χ4v) is 4.32. The Morgan fingerprint density at radius 1 is 1.15 bits per heavy atom. The third-order valence-electron chi connectivity index (χ3n) is 6.87. The predicted octanol–water partition coefficient (Wildman–Crippen LogP) is 4.31. The normalized spacial score (nSPS) is 31.8. The molecule has 2 heterocycles. The first-order valence-electron chi connectivity index (χ1n) is 12.1. The highest BCUT2D eigenvalue weighted by atomic mass is 16.7. The average Bonchev–Trinajstić information content (AvgIpc) is 2.76. The van der Waals surface area contributed by atoms with Crippen LogP contribution in [0.1, 0.15) is 79.8 Å². The highest BCUT2D eigenvalue weighted by molar-refractivity contribution is 5.88. The Morgan fingerprint density at radius 3 is 2.44 bits per heavy atom. The number of rotatable bonds is 2. The number of carbonyl (C=O) groups excluding carboxylic acids is 2. The first-order chi connectivity index (χ1) is 15.7. The maximum atomic E-state index is 13.1. The van der Waals surface area contributed by atoms with Gasteiger partial charge in [-0.25, -0.2) is 0 Å². The lowest BCUT2D eigenvalue weighted by Gasteiger charge is -2.34. The topological polar surface area (TPSA) is 106 Å². The molecule has 7 nitrogen and oxygen atoms in total. The minimum absolute atomic E-state index is 0.104. The van der Waals surface area contributed by atoms with Crippen molar-refractivity contribution in [1.82, 2.24) is 4.98 Å². The van der Waals surface area contributed by atoms with E-state index in [1.54, 1.807) is 40.0 Å². The van der Waals surface area contributed by atoms with E-state index in [2.05, 4.69) is 4.98 Å². The summed E-state index contributed by atoms with van der Waals surface area (Å²) in [6.45, 7) is 12.5. The third kappa shape index (κ3) is 7.45. The number of aliphatic hydroxyl groups excluding tert-OH is 2. The molecular weight excluding hydrogens is 434 g/mol. The van der Waals surface area contributed by atoms with E-state index in [9.17, 15) is 19.8 Å². The maximum absolute atomic E-state index is 13.1. The molecule has 1 fully saturated rings. The van der Waals surface area contributed by atoms with E-state index in [1.165, 1.54) is 0 Å². The van der Waals surface area contributed by atoms with E-state index in [0.717, 1.165) is 6.42 Å². The molecule has 0 aliphatic carbocycles. The molecule has 0 radical (unpaired) electrons. The molecule has 0 amide bonds. The molecule has 1 aliphatic rings. The molecule has 1 saturated heterocycles. The van der Waals surface area contributed by atoms with Crippen LogP contribution in [-0.4, -0.2) is 51.0 Å². The van der Waals surface area contributed by atoms with Gasteiger partial charge in [0, 0.05) is 12.1 Å². The Hall–Kier alpha value is -2.09. The number of nitrogens with zero attached hydrogens (tertiary/aromatic N) is 1. The van der Waals surface area contributed by atoms with Crippen LogP contribution in [0.4, 0.5) is 0 Å². The summed E-state index contributed by atoms with van der Waals surface area (Å²) < 4.78 is 11.9. The number of esters is 1. The summed E-state index contributed by atoms with van der Waals surface area (Å²) in [5, 5.41) is 21.6. The van der Waals surface area contributed by atoms with Crippen molar-refractivity contribution >= 4 is 17.8 Å². The maximum Gasteiger partial charge on any atom is 0.311 e. The highest BCUT2D eigenvalue weighted by Crippen LogP contribution is 2.33. The van der Waals surface area contributed by atoms with E-state index < -0.39 is 41.4 Å². The molecule has 0 aromatic carbocycles. The van der Waals surface area contributed by atoms with Crippen LogP contribution in [-0.2, 0) is 19.1 Å². The monoisotopic (exact) mass is 475 g/mol. The quantitative estimate of drug-likeness (QED) is 0.614. The molecule has 34 heavy (non-hydrogen) atoms. The van der Waals surface area contributed by atoms with Crippen molar-refractivity contribution in [2.24, 2.45) is 17.3 Å². The Balaban J connectivity index is 2.37. The molecule has 2 N–H and O–H groups in total. The minimum atomic E-state index is -1.27. The van der Waals surface area contributed by atoms with E-state index in [-0.39, 0.29) is 18.1 Å². The van der Waals surface area contributed by atoms with Gasteiger partial charge in [0.2, 0.25) is 6.29 Å². The van der Waals surface area contributed by atoms with Crippen LogP contribution >= 0.6 is 0 Å². The highest BCUT2D eigenvalue weighted by Gasteiger charge is 2.42. The molecule has 1 aromatic rings. The molecule has 1 aliphatic heterocycles. The number of aromatic nitrogens is 1. The largest absolute Gasteiger partial charge is 0.432 e. The fourth-order valence-electron chi connectivity index (χ4n) is 4.32. The SMILES string of the molecule is C/C(=C\c1ccccn1)C1OC(=O)CC(O)C(C)(C)C(=O)C(C)C(O)C(C)CCCC(C)(C)O1. The van der Waals surface area contributed by atoms with E-state index in [1.807, 2.05) is 39.0 Å². The number of Topliss-reactive ketones (excluding diaryl/α,β-unsaturated/α-hetero) is 1. The lowest BCUT2D eigenvalue weighted by molar-refractivity contribution is -0.197. The van der Waals surface area contributed by atoms with Gasteiger partial charge in [-0.15, -0.1) is 0 Å². The standard InChI is InChI=1S/C27H41NO6/c1-17-11-10-13-26(4,5)34-25(18(2)15-20-12-8-9-14-28-20)33-22(30)16-21(29)27(6,7)24(32)19(3)23(17)31/h8-9,12,14-15,17,19,21,23,25,29,31H,10-11,13,16H2,1-7H3/b18-15+. The lowest BCUT2D eigenvalue weighted by atomic mass is 9.73. The summed E-state index contributed by atoms with van der Waals surface area (Å²) in [5.74, 6) is -1.71. The molecule has 5 atom stereocenters. The van der Waals surface area contributed by atoms with Gasteiger partial charge in [-0.05, 0) is 63.3 Å². The number of aliphatic hydroxyl groups is 2. The van der Waals surface area contributed by atoms with Crippen molar-refractivity contribution in [3.05, 3.63) is 35.7 Å². The van der Waals surface area contributed by atoms with Gasteiger partial charge in [0.05, 0.1) is 35.3 Å². The van der Waals surface area contributed by atoms with Gasteiger partial charge >= 0.3 is 5.97 Å². The van der Waals surface area contributed by atoms with E-state index in [0.29, 0.717) is 24.1 Å². The molecule has 0 bridgehead atoms. The van der Waals surface area contributed by atoms with Crippen LogP contribution in [0.3, 0.4) is 0 Å². The van der Waals surface area contributed by atoms with Crippen molar-refractivity contribution in [3.63, 3.8) is 0 Å². The molecular formula is C27H41NO6. The molecule has 1 aromatic heterocycles. The first kappa shape index (κ1) is 28.1. The van der Waals surface area contributed by atoms with Gasteiger partial charge in [-0.2, -0.15) is 0 Å². The molecule has 2 rings (SSSR count). The molecule has 5 unspecified atom stereocenters. The Labute approximate surface area is 203 Å². The van der Waals surface area contributed by atoms with Gasteiger partial charge in [-0.1, -0.05) is 40.2 Å². The van der Waals surface area contributed by atoms with Gasteiger partial charge in [0.1, 0.15) is 5.78 Å². The number of ketones is 1. The van der Waals surface area contributed by atoms with Crippen LogP contribution in [0.25, 0.3) is 6.08 Å². The van der Waals surface area contributed by atoms with Crippen LogP contribution in [0, 0.1) is 17.3 Å². The van der Waals surface area contributed by atoms with Crippen molar-refractivity contribution in [3.8, 4) is 0 Å². The Morgan fingerprint density at radius 2 is 1.82 bits per heavy atom. The van der Waals surface area contributed by atoms with Gasteiger partial charge in [0.15, 0.2) is 0 Å². The van der Waals surface area contributed by atoms with E-state index >= 15 is 0 Å². The Bertz CT molecular complexity index is 863. The second-order valence-corrected chi connectivity index (χ2v) is 10.8. The number of carbonyl (C=O) groups is 2. The number of hydrogen-bond acceptors (Lipinski definition) is 7. The minimum Gasteiger partial charge on any atom is -0.432 e. The number of hydrogen-bond donors (Lipinski definition) is 2. The van der Waals surface area contributed by atoms with Gasteiger partial charge < -0.3 is 19.7 Å². The van der Waals surface area contributed by atoms with Crippen molar-refractivity contribution < 1.29 is 29.3 Å². The van der Waals surface area contributed by atoms with Crippen LogP contribution in [0.2, 0.25) is 0 Å². The number of ether oxygens (including phenoxy) is 2. The van der Waals surface area contributed by atoms with Crippen molar-refractivity contribution in [2.75, 3.05) is 0 Å². The fraction of sp³-hybridized carbons (Fsp3) is 0.667. The second kappa shape index (κ2) is 11.6. The van der Waals surface area contributed by atoms with Crippen molar-refractivity contribution in [1.29, 1.82) is 0 Å². The van der Waals surface area contributed by atoms with Gasteiger partial charge in [-0.3, -0.25) is 14.6 Å². The smallest absolute Gasteiger partial charge is 0.311 e. The van der Waals surface area contributed by atoms with Crippen LogP contribution in [0.5, 0.6) is 0 Å². The number of pyridine rings is 1. The molecule has 0 spiro atoms. The zero-order valence-corrected chi connectivity index (χ0v) is 21.6. The summed E-state index contributed by atoms with van der Waals surface area (Å²) >= 11 is 0. The average molecular weight is 476 g/mol. The zero-order chi connectivity index (χ0) is 25.7. The molecule has 190 valence electrons. The second-order valence-electron chi connectivity index (χ2n) is 10.8. The summed E-state index contributed by atoms with van der Waals surface area (Å²) in [6, 6.07) is 5.53. The van der Waals surface area contributed by atoms with Crippen molar-refractivity contribution in [2.45, 2.75) is 98.2 Å². The van der Waals surface area contributed by atoms with Crippen LogP contribution in [0.15, 0.2) is 30.0 Å². The van der Waals surface area contributed by atoms with Crippen LogP contribution < -0.4 is 0 Å². The third-order valence-corrected chi connectivity index (χ3v) is 6.87. The van der Waals surface area contributed by atoms with Gasteiger partial charge in [0.25, 0.3) is 0 Å². The summed E-state index contributed by atoms with van der Waals surface area (Å²) in [4.78, 5) is 30.3. The first-order valence-corrected chi connectivity index (χ1v) is 12.1. The summed E-state index contributed by atoms with van der Waals surface area (Å²) in [6.07, 6.45) is 2.18. The lowest BCUT2D eigenvalue weighted by Crippen LogP contribution is -2.45. The molecule has 0 saturated carbocycles. The summed E-state index contributed by atoms with van der Waals surface area (Å²) in [7, 11) is 0. The number of cyclic esters (lactones) is 1. The predicted molar refractivity (Wildman–Crippen MR) is 131 cm³/mol. The zero-order valence-electron chi connectivity index (χ0n) is 21.6. The Kier molecular flexibility index (Phi) is 9.57. The van der Waals surface area contributed by atoms with E-state index in [4.69, 9.17) is 9.47 Å².